The third kappa shape index (κ3) is 1.13. The maximum Gasteiger partial charge on any atom is 0.133 e. The average Bonchev–Trinajstić information content (AvgIpc) is 2.60. The molecule has 0 atom stereocenters. The fourth-order valence-electron chi connectivity index (χ4n) is 2.31. The van der Waals surface area contributed by atoms with Crippen molar-refractivity contribution in [1.82, 2.24) is 9.38 Å². The van der Waals surface area contributed by atoms with Gasteiger partial charge in [-0.15, -0.1) is 0 Å². The molecule has 0 saturated heterocycles. The molecule has 0 amide bonds. The Balaban J connectivity index is 2.24. The van der Waals surface area contributed by atoms with Gasteiger partial charge in [0.05, 0.1) is 17.3 Å². The lowest BCUT2D eigenvalue weighted by Crippen LogP contribution is -2.44. The highest BCUT2D eigenvalue weighted by molar-refractivity contribution is 5.54. The Morgan fingerprint density at radius 1 is 1.47 bits per heavy atom. The van der Waals surface area contributed by atoms with Crippen LogP contribution in [-0.4, -0.2) is 9.38 Å². The molecule has 2 aromatic heterocycles. The lowest BCUT2D eigenvalue weighted by molar-refractivity contribution is 0.237. The van der Waals surface area contributed by atoms with Gasteiger partial charge in [0.15, 0.2) is 0 Å². The van der Waals surface area contributed by atoms with E-state index < -0.39 is 0 Å². The zero-order valence-electron chi connectivity index (χ0n) is 8.90. The zero-order valence-corrected chi connectivity index (χ0v) is 8.90. The normalized spacial score (nSPS) is 19.1. The van der Waals surface area contributed by atoms with Crippen molar-refractivity contribution >= 4 is 5.52 Å². The van der Waals surface area contributed by atoms with Crippen LogP contribution in [0.3, 0.4) is 0 Å². The fourth-order valence-corrected chi connectivity index (χ4v) is 2.31. The first-order chi connectivity index (χ1) is 7.21. The van der Waals surface area contributed by atoms with Gasteiger partial charge < -0.3 is 10.1 Å². The van der Waals surface area contributed by atoms with Gasteiger partial charge in [-0.3, -0.25) is 0 Å². The SMILES string of the molecule is Cc1cccn2c(C3(N)CCC3)ncc12. The Morgan fingerprint density at radius 3 is 2.93 bits per heavy atom. The molecule has 2 heterocycles. The van der Waals surface area contributed by atoms with Crippen molar-refractivity contribution < 1.29 is 0 Å². The molecule has 0 bridgehead atoms. The summed E-state index contributed by atoms with van der Waals surface area (Å²) >= 11 is 0. The number of fused-ring (bicyclic) bond motifs is 1. The summed E-state index contributed by atoms with van der Waals surface area (Å²) in [4.78, 5) is 4.49. The van der Waals surface area contributed by atoms with E-state index in [1.165, 1.54) is 17.5 Å². The minimum absolute atomic E-state index is 0.180. The van der Waals surface area contributed by atoms with Gasteiger partial charge in [0.2, 0.25) is 0 Å². The number of aryl methyl sites for hydroxylation is 1. The first kappa shape index (κ1) is 8.92. The molecule has 1 aliphatic carbocycles. The highest BCUT2D eigenvalue weighted by Gasteiger charge is 2.37. The molecule has 1 fully saturated rings. The van der Waals surface area contributed by atoms with Gasteiger partial charge in [0, 0.05) is 6.20 Å². The molecule has 0 unspecified atom stereocenters. The fraction of sp³-hybridized carbons (Fsp3) is 0.417. The molecule has 2 N–H and O–H groups in total. The van der Waals surface area contributed by atoms with Gasteiger partial charge in [0.1, 0.15) is 5.82 Å². The third-order valence-corrected chi connectivity index (χ3v) is 3.47. The lowest BCUT2D eigenvalue weighted by atomic mass is 9.77. The Bertz CT molecular complexity index is 509. The Hall–Kier alpha value is -1.35. The molecule has 0 radical (unpaired) electrons. The van der Waals surface area contributed by atoms with Gasteiger partial charge in [-0.1, -0.05) is 6.07 Å². The van der Waals surface area contributed by atoms with Crippen molar-refractivity contribution in [3.05, 3.63) is 35.9 Å². The number of nitrogens with zero attached hydrogens (tertiary/aromatic N) is 2. The van der Waals surface area contributed by atoms with Gasteiger partial charge in [-0.2, -0.15) is 0 Å². The first-order valence-electron chi connectivity index (χ1n) is 5.43. The Morgan fingerprint density at radius 2 is 2.27 bits per heavy atom. The van der Waals surface area contributed by atoms with Gasteiger partial charge in [-0.25, -0.2) is 4.98 Å². The van der Waals surface area contributed by atoms with Crippen LogP contribution in [-0.2, 0) is 5.54 Å². The highest BCUT2D eigenvalue weighted by atomic mass is 15.1. The summed E-state index contributed by atoms with van der Waals surface area (Å²) in [7, 11) is 0. The van der Waals surface area contributed by atoms with E-state index in [2.05, 4.69) is 34.6 Å². The minimum atomic E-state index is -0.180. The van der Waals surface area contributed by atoms with Crippen LogP contribution < -0.4 is 5.73 Å². The number of nitrogens with two attached hydrogens (primary N) is 1. The number of hydrogen-bond donors (Lipinski definition) is 1. The van der Waals surface area contributed by atoms with Crippen LogP contribution in [0.15, 0.2) is 24.5 Å². The van der Waals surface area contributed by atoms with E-state index in [0.29, 0.717) is 0 Å². The molecule has 0 aliphatic heterocycles. The van der Waals surface area contributed by atoms with Crippen LogP contribution in [0, 0.1) is 6.92 Å². The highest BCUT2D eigenvalue weighted by Crippen LogP contribution is 2.38. The molecule has 3 rings (SSSR count). The van der Waals surface area contributed by atoms with E-state index in [1.54, 1.807) is 0 Å². The summed E-state index contributed by atoms with van der Waals surface area (Å²) in [6, 6.07) is 4.15. The van der Waals surface area contributed by atoms with E-state index in [0.717, 1.165) is 18.7 Å². The molecule has 78 valence electrons. The maximum atomic E-state index is 6.30. The number of imidazole rings is 1. The molecule has 1 saturated carbocycles. The number of hydrogen-bond acceptors (Lipinski definition) is 2. The number of aromatic nitrogens is 2. The Labute approximate surface area is 88.9 Å². The van der Waals surface area contributed by atoms with E-state index in [9.17, 15) is 0 Å². The van der Waals surface area contributed by atoms with Crippen LogP contribution in [0.5, 0.6) is 0 Å². The third-order valence-electron chi connectivity index (χ3n) is 3.47. The van der Waals surface area contributed by atoms with E-state index >= 15 is 0 Å². The second-order valence-electron chi connectivity index (χ2n) is 4.54. The molecule has 0 aromatic carbocycles. The summed E-state index contributed by atoms with van der Waals surface area (Å²) in [5.74, 6) is 1.02. The molecular formula is C12H15N3. The average molecular weight is 201 g/mol. The minimum Gasteiger partial charge on any atom is -0.319 e. The van der Waals surface area contributed by atoms with Crippen molar-refractivity contribution in [2.45, 2.75) is 31.7 Å². The van der Waals surface area contributed by atoms with Crippen LogP contribution >= 0.6 is 0 Å². The van der Waals surface area contributed by atoms with Gasteiger partial charge >= 0.3 is 0 Å². The monoisotopic (exact) mass is 201 g/mol. The van der Waals surface area contributed by atoms with Crippen LogP contribution in [0.4, 0.5) is 0 Å². The molecule has 15 heavy (non-hydrogen) atoms. The van der Waals surface area contributed by atoms with E-state index in [1.807, 2.05) is 6.20 Å². The second kappa shape index (κ2) is 2.83. The molecule has 0 spiro atoms. The van der Waals surface area contributed by atoms with Crippen LogP contribution in [0.1, 0.15) is 30.7 Å². The summed E-state index contributed by atoms with van der Waals surface area (Å²) in [6.45, 7) is 2.10. The van der Waals surface area contributed by atoms with Crippen molar-refractivity contribution in [3.63, 3.8) is 0 Å². The largest absolute Gasteiger partial charge is 0.319 e. The number of rotatable bonds is 1. The lowest BCUT2D eigenvalue weighted by Gasteiger charge is -2.36. The summed E-state index contributed by atoms with van der Waals surface area (Å²) < 4.78 is 2.13. The molecular weight excluding hydrogens is 186 g/mol. The smallest absolute Gasteiger partial charge is 0.133 e. The van der Waals surface area contributed by atoms with Crippen LogP contribution in [0.2, 0.25) is 0 Å². The summed E-state index contributed by atoms with van der Waals surface area (Å²) in [5, 5.41) is 0. The molecule has 3 nitrogen and oxygen atoms in total. The molecule has 2 aromatic rings. The van der Waals surface area contributed by atoms with Gasteiger partial charge in [0.25, 0.3) is 0 Å². The standard InChI is InChI=1S/C12H15N3/c1-9-4-2-7-15-10(9)8-14-11(15)12(13)5-3-6-12/h2,4,7-8H,3,5-6,13H2,1H3. The van der Waals surface area contributed by atoms with E-state index in [-0.39, 0.29) is 5.54 Å². The molecule has 1 aliphatic rings. The van der Waals surface area contributed by atoms with Crippen molar-refractivity contribution in [2.24, 2.45) is 5.73 Å². The topological polar surface area (TPSA) is 43.3 Å². The van der Waals surface area contributed by atoms with Crippen LogP contribution in [0.25, 0.3) is 5.52 Å². The van der Waals surface area contributed by atoms with E-state index in [4.69, 9.17) is 5.73 Å². The zero-order chi connectivity index (χ0) is 10.5. The second-order valence-corrected chi connectivity index (χ2v) is 4.54. The van der Waals surface area contributed by atoms with Crippen molar-refractivity contribution in [3.8, 4) is 0 Å². The van der Waals surface area contributed by atoms with Gasteiger partial charge in [-0.05, 0) is 37.8 Å². The van der Waals surface area contributed by atoms with Crippen molar-refractivity contribution in [2.75, 3.05) is 0 Å². The quantitative estimate of drug-likeness (QED) is 0.766. The molecule has 3 heteroatoms. The predicted octanol–water partition coefficient (Wildman–Crippen LogP) is 1.98. The number of pyridine rings is 1. The maximum absolute atomic E-state index is 6.30. The Kier molecular flexibility index (Phi) is 1.68. The summed E-state index contributed by atoms with van der Waals surface area (Å²) in [5.41, 5.74) is 8.54. The van der Waals surface area contributed by atoms with Crippen molar-refractivity contribution in [1.29, 1.82) is 0 Å². The predicted molar refractivity (Wildman–Crippen MR) is 59.6 cm³/mol. The summed E-state index contributed by atoms with van der Waals surface area (Å²) in [6.07, 6.45) is 7.31. The first-order valence-corrected chi connectivity index (χ1v) is 5.43.